The van der Waals surface area contributed by atoms with Gasteiger partial charge in [0.2, 0.25) is 0 Å². The van der Waals surface area contributed by atoms with Crippen molar-refractivity contribution >= 4 is 0 Å². The maximum Gasteiger partial charge on any atom is 0.130 e. The van der Waals surface area contributed by atoms with Crippen LogP contribution in [0.5, 0.6) is 0 Å². The van der Waals surface area contributed by atoms with Crippen molar-refractivity contribution in [3.05, 3.63) is 35.4 Å². The molecular weight excluding hydrogens is 270 g/mol. The number of hydrogen-bond donors (Lipinski definition) is 1. The summed E-state index contributed by atoms with van der Waals surface area (Å²) >= 11 is 0. The zero-order valence-corrected chi connectivity index (χ0v) is 12.6. The van der Waals surface area contributed by atoms with Gasteiger partial charge in [0.05, 0.1) is 0 Å². The van der Waals surface area contributed by atoms with Gasteiger partial charge in [0.15, 0.2) is 0 Å². The van der Waals surface area contributed by atoms with E-state index in [1.807, 2.05) is 6.92 Å². The van der Waals surface area contributed by atoms with Gasteiger partial charge in [-0.05, 0) is 63.7 Å². The van der Waals surface area contributed by atoms with Crippen LogP contribution in [0.3, 0.4) is 0 Å². The molecule has 2 nitrogen and oxygen atoms in total. The molecule has 2 heterocycles. The van der Waals surface area contributed by atoms with E-state index in [0.29, 0.717) is 12.0 Å². The molecule has 2 fully saturated rings. The van der Waals surface area contributed by atoms with Crippen LogP contribution in [0.1, 0.15) is 44.2 Å². The fourth-order valence-corrected chi connectivity index (χ4v) is 3.93. The highest BCUT2D eigenvalue weighted by atomic mass is 19.1. The van der Waals surface area contributed by atoms with Gasteiger partial charge >= 0.3 is 0 Å². The zero-order chi connectivity index (χ0) is 14.8. The van der Waals surface area contributed by atoms with Crippen molar-refractivity contribution in [1.29, 1.82) is 0 Å². The summed E-state index contributed by atoms with van der Waals surface area (Å²) in [4.78, 5) is 2.25. The van der Waals surface area contributed by atoms with Crippen LogP contribution >= 0.6 is 0 Å². The fraction of sp³-hybridized carbons (Fsp3) is 0.647. The van der Waals surface area contributed by atoms with Crippen LogP contribution in [0.4, 0.5) is 8.78 Å². The second-order valence-electron chi connectivity index (χ2n) is 6.41. The van der Waals surface area contributed by atoms with E-state index in [0.717, 1.165) is 26.1 Å². The first kappa shape index (κ1) is 14.9. The number of likely N-dealkylation sites (tertiary alicyclic amines) is 1. The molecule has 21 heavy (non-hydrogen) atoms. The minimum atomic E-state index is -0.427. The lowest BCUT2D eigenvalue weighted by Crippen LogP contribution is -2.44. The molecule has 3 atom stereocenters. The van der Waals surface area contributed by atoms with Gasteiger partial charge in [0, 0.05) is 24.2 Å². The normalized spacial score (nSPS) is 28.7. The lowest BCUT2D eigenvalue weighted by molar-refractivity contribution is 0.111. The van der Waals surface area contributed by atoms with Gasteiger partial charge in [-0.1, -0.05) is 6.07 Å². The number of benzene rings is 1. The van der Waals surface area contributed by atoms with Gasteiger partial charge < -0.3 is 5.32 Å². The Morgan fingerprint density at radius 3 is 2.62 bits per heavy atom. The molecule has 116 valence electrons. The molecule has 0 spiro atoms. The molecule has 0 bridgehead atoms. The van der Waals surface area contributed by atoms with Crippen molar-refractivity contribution in [3.8, 4) is 0 Å². The van der Waals surface area contributed by atoms with Gasteiger partial charge in [0.1, 0.15) is 11.6 Å². The first-order valence-electron chi connectivity index (χ1n) is 8.08. The maximum absolute atomic E-state index is 14.0. The van der Waals surface area contributed by atoms with E-state index in [4.69, 9.17) is 0 Å². The molecule has 1 aromatic carbocycles. The van der Waals surface area contributed by atoms with Crippen LogP contribution in [0.15, 0.2) is 18.2 Å². The monoisotopic (exact) mass is 294 g/mol. The Bertz CT molecular complexity index is 465. The summed E-state index contributed by atoms with van der Waals surface area (Å²) in [5.41, 5.74) is 0.220. The zero-order valence-electron chi connectivity index (χ0n) is 12.6. The van der Waals surface area contributed by atoms with Crippen LogP contribution in [0.2, 0.25) is 0 Å². The Labute approximate surface area is 125 Å². The van der Waals surface area contributed by atoms with Gasteiger partial charge in [-0.25, -0.2) is 8.78 Å². The third kappa shape index (κ3) is 3.11. The van der Waals surface area contributed by atoms with E-state index in [-0.39, 0.29) is 11.6 Å². The highest BCUT2D eigenvalue weighted by Gasteiger charge is 2.32. The smallest absolute Gasteiger partial charge is 0.130 e. The minimum absolute atomic E-state index is 0.199. The number of hydrogen-bond acceptors (Lipinski definition) is 2. The molecule has 2 aliphatic rings. The Balaban J connectivity index is 1.73. The van der Waals surface area contributed by atoms with Crippen molar-refractivity contribution < 1.29 is 8.78 Å². The van der Waals surface area contributed by atoms with Crippen LogP contribution in [0.25, 0.3) is 0 Å². The largest absolute Gasteiger partial charge is 0.314 e. The maximum atomic E-state index is 14.0. The Kier molecular flexibility index (Phi) is 4.55. The van der Waals surface area contributed by atoms with Gasteiger partial charge in [-0.3, -0.25) is 4.90 Å². The second kappa shape index (κ2) is 6.41. The Morgan fingerprint density at radius 2 is 1.95 bits per heavy atom. The molecule has 0 saturated carbocycles. The summed E-state index contributed by atoms with van der Waals surface area (Å²) in [6, 6.07) is 4.53. The predicted octanol–water partition coefficient (Wildman–Crippen LogP) is 3.49. The van der Waals surface area contributed by atoms with Gasteiger partial charge in [-0.2, -0.15) is 0 Å². The van der Waals surface area contributed by atoms with Crippen molar-refractivity contribution in [1.82, 2.24) is 10.2 Å². The first-order valence-corrected chi connectivity index (χ1v) is 8.08. The predicted molar refractivity (Wildman–Crippen MR) is 80.1 cm³/mol. The topological polar surface area (TPSA) is 15.3 Å². The average Bonchev–Trinajstić information content (AvgIpc) is 3.01. The summed E-state index contributed by atoms with van der Waals surface area (Å²) in [5, 5.41) is 3.57. The molecule has 4 heteroatoms. The Hall–Kier alpha value is -1.00. The van der Waals surface area contributed by atoms with E-state index in [9.17, 15) is 8.78 Å². The fourth-order valence-electron chi connectivity index (χ4n) is 3.93. The number of nitrogens with one attached hydrogen (secondary N) is 1. The number of nitrogens with zero attached hydrogens (tertiary/aromatic N) is 1. The summed E-state index contributed by atoms with van der Waals surface area (Å²) in [6.07, 6.45) is 4.82. The van der Waals surface area contributed by atoms with E-state index in [2.05, 4.69) is 10.2 Å². The molecule has 1 N–H and O–H groups in total. The summed E-state index contributed by atoms with van der Waals surface area (Å²) < 4.78 is 27.9. The molecule has 0 radical (unpaired) electrons. The van der Waals surface area contributed by atoms with Crippen molar-refractivity contribution in [2.75, 3.05) is 19.6 Å². The lowest BCUT2D eigenvalue weighted by atomic mass is 9.88. The number of piperidine rings is 1. The van der Waals surface area contributed by atoms with Crippen LogP contribution in [-0.2, 0) is 0 Å². The van der Waals surface area contributed by atoms with Gasteiger partial charge in [0.25, 0.3) is 0 Å². The quantitative estimate of drug-likeness (QED) is 0.918. The molecule has 2 saturated heterocycles. The molecule has 3 rings (SSSR count). The molecule has 1 aromatic rings. The van der Waals surface area contributed by atoms with Crippen LogP contribution in [0, 0.1) is 17.6 Å². The highest BCUT2D eigenvalue weighted by Crippen LogP contribution is 2.32. The molecule has 2 aliphatic heterocycles. The van der Waals surface area contributed by atoms with E-state index in [1.165, 1.54) is 37.5 Å². The summed E-state index contributed by atoms with van der Waals surface area (Å²) in [7, 11) is 0. The number of rotatable bonds is 3. The van der Waals surface area contributed by atoms with Crippen molar-refractivity contribution in [3.63, 3.8) is 0 Å². The minimum Gasteiger partial charge on any atom is -0.314 e. The average molecular weight is 294 g/mol. The third-order valence-corrected chi connectivity index (χ3v) is 5.12. The number of halogens is 2. The molecular formula is C17H24F2N2. The third-order valence-electron chi connectivity index (χ3n) is 5.12. The second-order valence-corrected chi connectivity index (χ2v) is 6.41. The van der Waals surface area contributed by atoms with E-state index in [1.54, 1.807) is 0 Å². The van der Waals surface area contributed by atoms with Crippen molar-refractivity contribution in [2.24, 2.45) is 5.92 Å². The Morgan fingerprint density at radius 1 is 1.19 bits per heavy atom. The SMILES string of the molecule is CC(c1c(F)cccc1F)N1CCCC(C2CCCN2)C1. The molecule has 0 amide bonds. The first-order chi connectivity index (χ1) is 10.2. The molecule has 0 aliphatic carbocycles. The van der Waals surface area contributed by atoms with E-state index < -0.39 is 11.6 Å². The van der Waals surface area contributed by atoms with E-state index >= 15 is 0 Å². The molecule has 3 unspecified atom stereocenters. The van der Waals surface area contributed by atoms with Crippen LogP contribution < -0.4 is 5.32 Å². The summed E-state index contributed by atoms with van der Waals surface area (Å²) in [6.45, 7) is 4.90. The molecule has 0 aromatic heterocycles. The standard InChI is InChI=1S/C17H24F2N2/c1-12(17-14(18)6-2-7-15(17)19)21-10-4-5-13(11-21)16-8-3-9-20-16/h2,6-7,12-13,16,20H,3-5,8-11H2,1H3. The summed E-state index contributed by atoms with van der Waals surface area (Å²) in [5.74, 6) is -0.245. The lowest BCUT2D eigenvalue weighted by Gasteiger charge is -2.39. The highest BCUT2D eigenvalue weighted by molar-refractivity contribution is 5.23. The van der Waals surface area contributed by atoms with Crippen molar-refractivity contribution in [2.45, 2.75) is 44.7 Å². The van der Waals surface area contributed by atoms with Gasteiger partial charge in [-0.15, -0.1) is 0 Å². The van der Waals surface area contributed by atoms with Crippen LogP contribution in [-0.4, -0.2) is 30.6 Å².